The van der Waals surface area contributed by atoms with Gasteiger partial charge in [0, 0.05) is 43.1 Å². The highest BCUT2D eigenvalue weighted by molar-refractivity contribution is 6.28. The van der Waals surface area contributed by atoms with Crippen molar-refractivity contribution in [3.63, 3.8) is 0 Å². The number of hydrogen-bond donors (Lipinski definition) is 0. The van der Waals surface area contributed by atoms with Gasteiger partial charge in [-0.05, 0) is 215 Å². The lowest BCUT2D eigenvalue weighted by Gasteiger charge is -2.17. The monoisotopic (exact) mass is 1060 g/mol. The van der Waals surface area contributed by atoms with Gasteiger partial charge in [-0.2, -0.15) is 0 Å². The van der Waals surface area contributed by atoms with E-state index in [1.165, 1.54) is 175 Å². The molecule has 0 fully saturated rings. The molecule has 0 aliphatic carbocycles. The van der Waals surface area contributed by atoms with Gasteiger partial charge in [-0.1, -0.05) is 182 Å². The summed E-state index contributed by atoms with van der Waals surface area (Å²) in [5.74, 6) is 2.28. The highest BCUT2D eigenvalue weighted by Crippen LogP contribution is 2.47. The summed E-state index contributed by atoms with van der Waals surface area (Å²) in [5.41, 5.74) is 21.1. The lowest BCUT2D eigenvalue weighted by Crippen LogP contribution is -1.99. The average Bonchev–Trinajstić information content (AvgIpc) is 1.76. The fourth-order valence-electron chi connectivity index (χ4n) is 14.4. The lowest BCUT2D eigenvalue weighted by atomic mass is 9.87. The molecule has 2 nitrogen and oxygen atoms in total. The molecule has 16 rings (SSSR count). The molecule has 0 saturated carbocycles. The second kappa shape index (κ2) is 18.1. The van der Waals surface area contributed by atoms with Crippen molar-refractivity contribution in [1.29, 1.82) is 0 Å². The van der Waals surface area contributed by atoms with Gasteiger partial charge in [-0.25, -0.2) is 0 Å². The Hall–Kier alpha value is -8.72. The van der Waals surface area contributed by atoms with E-state index in [9.17, 15) is 0 Å². The van der Waals surface area contributed by atoms with Crippen molar-refractivity contribution < 1.29 is 0 Å². The maximum atomic E-state index is 2.57. The topological polar surface area (TPSA) is 8.82 Å². The molecule has 4 heterocycles. The van der Waals surface area contributed by atoms with E-state index in [-0.39, 0.29) is 0 Å². The summed E-state index contributed by atoms with van der Waals surface area (Å²) in [6.45, 7) is 20.8. The number of aryl methyl sites for hydroxylation is 1. The summed E-state index contributed by atoms with van der Waals surface area (Å²) < 4.78 is 5.13. The minimum absolute atomic E-state index is 0.414. The van der Waals surface area contributed by atoms with Gasteiger partial charge in [-0.15, -0.1) is 0 Å². The fourth-order valence-corrected chi connectivity index (χ4v) is 14.4. The minimum Gasteiger partial charge on any atom is -0.308 e. The van der Waals surface area contributed by atoms with Crippen molar-refractivity contribution in [3.8, 4) is 22.3 Å². The lowest BCUT2D eigenvalue weighted by molar-refractivity contribution is 0.574. The molecular weight excluding hydrogens is 989 g/mol. The van der Waals surface area contributed by atoms with E-state index in [0.717, 1.165) is 12.8 Å². The van der Waals surface area contributed by atoms with E-state index < -0.39 is 0 Å². The largest absolute Gasteiger partial charge is 0.308 e. The Kier molecular flexibility index (Phi) is 10.9. The molecule has 0 N–H and O–H groups in total. The second-order valence-corrected chi connectivity index (χ2v) is 25.7. The first-order valence-corrected chi connectivity index (χ1v) is 30.2. The van der Waals surface area contributed by atoms with Crippen LogP contribution in [0.4, 0.5) is 0 Å². The summed E-state index contributed by atoms with van der Waals surface area (Å²) in [7, 11) is 0. The van der Waals surface area contributed by atoms with Crippen LogP contribution in [0.5, 0.6) is 0 Å². The van der Waals surface area contributed by atoms with Gasteiger partial charge in [0.15, 0.2) is 0 Å². The molecule has 2 unspecified atom stereocenters. The summed E-state index contributed by atoms with van der Waals surface area (Å²) in [6.07, 6.45) is 2.23. The molecule has 0 spiro atoms. The Morgan fingerprint density at radius 1 is 0.256 bits per heavy atom. The number of rotatable bonds is 10. The van der Waals surface area contributed by atoms with Gasteiger partial charge in [0.05, 0.1) is 33.1 Å². The van der Waals surface area contributed by atoms with Gasteiger partial charge in [0.1, 0.15) is 0 Å². The molecule has 2 heteroatoms. The molecule has 82 heavy (non-hydrogen) atoms. The zero-order valence-corrected chi connectivity index (χ0v) is 48.7. The minimum atomic E-state index is 0.414. The van der Waals surface area contributed by atoms with Crippen LogP contribution in [0, 0.1) is 6.92 Å². The molecule has 0 aliphatic heterocycles. The Bertz CT molecular complexity index is 5270. The third-order valence-corrected chi connectivity index (χ3v) is 19.5. The number of aromatic nitrogens is 2. The van der Waals surface area contributed by atoms with Gasteiger partial charge in [0.2, 0.25) is 0 Å². The Morgan fingerprint density at radius 3 is 0.878 bits per heavy atom. The highest BCUT2D eigenvalue weighted by atomic mass is 14.9. The molecule has 0 radical (unpaired) electrons. The number of nitrogens with zero attached hydrogens (tertiary/aromatic N) is 2. The normalized spacial score (nSPS) is 13.5. The van der Waals surface area contributed by atoms with Crippen LogP contribution >= 0.6 is 0 Å². The molecule has 0 amide bonds. The maximum Gasteiger partial charge on any atom is 0.0620 e. The number of benzene rings is 12. The first-order valence-electron chi connectivity index (χ1n) is 30.2. The summed E-state index contributed by atoms with van der Waals surface area (Å²) in [5, 5.41) is 21.0. The van der Waals surface area contributed by atoms with Crippen molar-refractivity contribution >= 4 is 119 Å². The van der Waals surface area contributed by atoms with E-state index in [1.54, 1.807) is 0 Å². The van der Waals surface area contributed by atoms with Crippen LogP contribution in [0.2, 0.25) is 0 Å². The zero-order chi connectivity index (χ0) is 55.6. The van der Waals surface area contributed by atoms with Crippen molar-refractivity contribution in [2.75, 3.05) is 0 Å². The first-order chi connectivity index (χ1) is 39.8. The number of hydrogen-bond acceptors (Lipinski definition) is 0. The highest BCUT2D eigenvalue weighted by Gasteiger charge is 2.24. The van der Waals surface area contributed by atoms with E-state index in [1.807, 2.05) is 0 Å². The van der Waals surface area contributed by atoms with Crippen LogP contribution in [-0.4, -0.2) is 8.80 Å². The van der Waals surface area contributed by atoms with Crippen LogP contribution in [0.1, 0.15) is 131 Å². The van der Waals surface area contributed by atoms with Crippen LogP contribution in [0.25, 0.3) is 142 Å². The van der Waals surface area contributed by atoms with E-state index >= 15 is 0 Å². The number of fused-ring (bicyclic) bond motifs is 16. The summed E-state index contributed by atoms with van der Waals surface area (Å²) in [6, 6.07) is 76.5. The molecule has 0 aliphatic rings. The van der Waals surface area contributed by atoms with E-state index in [2.05, 4.69) is 265 Å². The molecule has 16 aromatic rings. The van der Waals surface area contributed by atoms with Crippen LogP contribution in [0.3, 0.4) is 0 Å². The van der Waals surface area contributed by atoms with Gasteiger partial charge in [-0.3, -0.25) is 0 Å². The maximum absolute atomic E-state index is 2.57. The van der Waals surface area contributed by atoms with Crippen LogP contribution in [0.15, 0.2) is 194 Å². The Balaban J connectivity index is 0.745. The second-order valence-electron chi connectivity index (χ2n) is 25.7. The van der Waals surface area contributed by atoms with Gasteiger partial charge in [0.25, 0.3) is 0 Å². The van der Waals surface area contributed by atoms with E-state index in [0.29, 0.717) is 29.6 Å². The van der Waals surface area contributed by atoms with Crippen molar-refractivity contribution in [3.05, 3.63) is 228 Å². The van der Waals surface area contributed by atoms with E-state index in [4.69, 9.17) is 0 Å². The Labute approximate surface area is 479 Å². The van der Waals surface area contributed by atoms with Crippen molar-refractivity contribution in [2.24, 2.45) is 0 Å². The molecule has 2 atom stereocenters. The average molecular weight is 1060 g/mol. The van der Waals surface area contributed by atoms with Gasteiger partial charge >= 0.3 is 0 Å². The van der Waals surface area contributed by atoms with Gasteiger partial charge < -0.3 is 8.80 Å². The zero-order valence-electron chi connectivity index (χ0n) is 48.7. The predicted octanol–water partition coefficient (Wildman–Crippen LogP) is 23.3. The standard InChI is InChI=1S/C80H68N2/c1-44(2)50-16-18-52(19-17-50)66-38-73-68-33-62-29-54(46(5)6)21-25-58(62)41-76(68)82-78-43-60-27-23-56(31-64(60)35-70(78)74(39-66)80(73)82)49(9)13-12-48(8)55-22-26-59-42-77-69(34-63(59)30-55)72-37-65(51-14-10-47(7)11-15-51)36-71-67-32-61-28-53(45(3)4)20-24-57(61)40-75(67)81(77)79(71)72/h10-11,14-46,48-49H,12-13H2,1-9H3. The molecule has 398 valence electrons. The van der Waals surface area contributed by atoms with Crippen LogP contribution < -0.4 is 0 Å². The first kappa shape index (κ1) is 49.1. The predicted molar refractivity (Wildman–Crippen MR) is 356 cm³/mol. The van der Waals surface area contributed by atoms with Crippen molar-refractivity contribution in [2.45, 2.75) is 105 Å². The molecular formula is C80H68N2. The molecule has 0 bridgehead atoms. The summed E-state index contributed by atoms with van der Waals surface area (Å²) in [4.78, 5) is 0. The Morgan fingerprint density at radius 2 is 0.549 bits per heavy atom. The molecule has 0 saturated heterocycles. The van der Waals surface area contributed by atoms with Crippen molar-refractivity contribution in [1.82, 2.24) is 8.80 Å². The van der Waals surface area contributed by atoms with Crippen LogP contribution in [-0.2, 0) is 0 Å². The molecule has 12 aromatic carbocycles. The third kappa shape index (κ3) is 7.53. The fraction of sp³-hybridized carbons (Fsp3) is 0.200. The molecule has 4 aromatic heterocycles. The summed E-state index contributed by atoms with van der Waals surface area (Å²) >= 11 is 0. The SMILES string of the molecule is Cc1ccc(-c2cc3c4cc5cc(C(C)C)ccc5cc4n4c5cc6ccc(C(C)CCC(C)c7ccc8cc9c(cc8c7)c7cc(-c8ccc(C(C)C)cc8)cc8c%10cc%11cc(C(C)C)ccc%11cc%10n9c87)cc6cc5c(c2)c34)cc1. The third-order valence-electron chi connectivity index (χ3n) is 19.5. The quantitative estimate of drug-likeness (QED) is 0.129. The smallest absolute Gasteiger partial charge is 0.0620 e.